The van der Waals surface area contributed by atoms with Crippen LogP contribution in [0.15, 0.2) is 0 Å². The van der Waals surface area contributed by atoms with Crippen LogP contribution in [-0.2, 0) is 4.79 Å². The van der Waals surface area contributed by atoms with Gasteiger partial charge in [0.15, 0.2) is 0 Å². The van der Waals surface area contributed by atoms with Crippen molar-refractivity contribution in [1.82, 2.24) is 5.32 Å². The average molecular weight is 154 g/mol. The van der Waals surface area contributed by atoms with E-state index in [2.05, 4.69) is 5.32 Å². The van der Waals surface area contributed by atoms with Crippen LogP contribution in [0.2, 0.25) is 0 Å². The molecule has 3 heteroatoms. The Kier molecular flexibility index (Phi) is 1.42. The molecule has 2 rings (SSSR count). The van der Waals surface area contributed by atoms with Gasteiger partial charge in [0.1, 0.15) is 0 Å². The van der Waals surface area contributed by atoms with Crippen LogP contribution in [0.25, 0.3) is 0 Å². The van der Waals surface area contributed by atoms with Crippen molar-refractivity contribution in [1.29, 1.82) is 0 Å². The van der Waals surface area contributed by atoms with Crippen LogP contribution in [0, 0.1) is 5.92 Å². The first-order valence-electron chi connectivity index (χ1n) is 4.28. The molecule has 2 aliphatic carbocycles. The molecule has 62 valence electrons. The Morgan fingerprint density at radius 2 is 2.18 bits per heavy atom. The summed E-state index contributed by atoms with van der Waals surface area (Å²) in [6.07, 6.45) is 4.93. The Balaban J connectivity index is 1.88. The minimum atomic E-state index is 0.00870. The molecular formula is C8H14N2O. The predicted molar refractivity (Wildman–Crippen MR) is 41.9 cm³/mol. The lowest BCUT2D eigenvalue weighted by atomic mass is 10.1. The lowest BCUT2D eigenvalue weighted by molar-refractivity contribution is -0.120. The maximum absolute atomic E-state index is 11.0. The van der Waals surface area contributed by atoms with E-state index >= 15 is 0 Å². The zero-order valence-electron chi connectivity index (χ0n) is 6.60. The summed E-state index contributed by atoms with van der Waals surface area (Å²) in [4.78, 5) is 11.0. The number of nitrogens with one attached hydrogen (secondary N) is 1. The van der Waals surface area contributed by atoms with Crippen molar-refractivity contribution in [2.24, 2.45) is 11.7 Å². The Morgan fingerprint density at radius 1 is 1.55 bits per heavy atom. The summed E-state index contributed by atoms with van der Waals surface area (Å²) in [7, 11) is 0. The van der Waals surface area contributed by atoms with Crippen molar-refractivity contribution in [3.63, 3.8) is 0 Å². The van der Waals surface area contributed by atoms with Crippen molar-refractivity contribution in [3.05, 3.63) is 0 Å². The SMILES string of the molecule is NCC(=O)NC1(C2CC2)CC1. The summed E-state index contributed by atoms with van der Waals surface area (Å²) >= 11 is 0. The van der Waals surface area contributed by atoms with Crippen LogP contribution in [0.5, 0.6) is 0 Å². The minimum Gasteiger partial charge on any atom is -0.349 e. The van der Waals surface area contributed by atoms with E-state index in [1.54, 1.807) is 0 Å². The summed E-state index contributed by atoms with van der Waals surface area (Å²) in [5.74, 6) is 0.785. The molecule has 3 N–H and O–H groups in total. The Morgan fingerprint density at radius 3 is 2.55 bits per heavy atom. The molecule has 2 aliphatic rings. The van der Waals surface area contributed by atoms with Crippen molar-refractivity contribution in [2.45, 2.75) is 31.2 Å². The van der Waals surface area contributed by atoms with Gasteiger partial charge in [-0.3, -0.25) is 4.79 Å². The van der Waals surface area contributed by atoms with Gasteiger partial charge in [0, 0.05) is 5.54 Å². The molecule has 2 fully saturated rings. The number of carbonyl (C=O) groups excluding carboxylic acids is 1. The Bertz CT molecular complexity index is 183. The largest absolute Gasteiger partial charge is 0.349 e. The van der Waals surface area contributed by atoms with Gasteiger partial charge in [-0.25, -0.2) is 0 Å². The van der Waals surface area contributed by atoms with Crippen LogP contribution in [0.1, 0.15) is 25.7 Å². The summed E-state index contributed by atoms with van der Waals surface area (Å²) < 4.78 is 0. The zero-order valence-corrected chi connectivity index (χ0v) is 6.60. The number of carbonyl (C=O) groups is 1. The van der Waals surface area contributed by atoms with Crippen LogP contribution in [-0.4, -0.2) is 18.0 Å². The molecule has 0 saturated heterocycles. The van der Waals surface area contributed by atoms with Gasteiger partial charge in [-0.15, -0.1) is 0 Å². The monoisotopic (exact) mass is 154 g/mol. The maximum Gasteiger partial charge on any atom is 0.234 e. The normalized spacial score (nSPS) is 26.3. The molecule has 1 amide bonds. The van der Waals surface area contributed by atoms with Crippen LogP contribution >= 0.6 is 0 Å². The third-order valence-electron chi connectivity index (χ3n) is 2.72. The molecule has 3 nitrogen and oxygen atoms in total. The molecule has 0 aromatic rings. The summed E-state index contributed by atoms with van der Waals surface area (Å²) in [6, 6.07) is 0. The van der Waals surface area contributed by atoms with Crippen molar-refractivity contribution in [3.8, 4) is 0 Å². The molecule has 0 heterocycles. The summed E-state index contributed by atoms with van der Waals surface area (Å²) in [5, 5.41) is 3.02. The van der Waals surface area contributed by atoms with E-state index < -0.39 is 0 Å². The van der Waals surface area contributed by atoms with Crippen LogP contribution in [0.4, 0.5) is 0 Å². The fraction of sp³-hybridized carbons (Fsp3) is 0.875. The molecule has 0 aromatic carbocycles. The van der Waals surface area contributed by atoms with Crippen LogP contribution in [0.3, 0.4) is 0 Å². The molecule has 0 bridgehead atoms. The number of rotatable bonds is 3. The van der Waals surface area contributed by atoms with Gasteiger partial charge in [0.05, 0.1) is 6.54 Å². The first-order valence-corrected chi connectivity index (χ1v) is 4.28. The quantitative estimate of drug-likeness (QED) is 0.601. The van der Waals surface area contributed by atoms with E-state index in [4.69, 9.17) is 5.73 Å². The van der Waals surface area contributed by atoms with E-state index in [0.717, 1.165) is 5.92 Å². The lowest BCUT2D eigenvalue weighted by Gasteiger charge is -2.15. The van der Waals surface area contributed by atoms with E-state index in [9.17, 15) is 4.79 Å². The highest BCUT2D eigenvalue weighted by Gasteiger charge is 2.54. The Hall–Kier alpha value is -0.570. The van der Waals surface area contributed by atoms with Crippen molar-refractivity contribution in [2.75, 3.05) is 6.54 Å². The van der Waals surface area contributed by atoms with Gasteiger partial charge >= 0.3 is 0 Å². The number of amides is 1. The summed E-state index contributed by atoms with van der Waals surface area (Å²) in [6.45, 7) is 0.133. The van der Waals surface area contributed by atoms with E-state index in [-0.39, 0.29) is 18.0 Å². The molecule has 0 aliphatic heterocycles. The first kappa shape index (κ1) is 7.10. The standard InChI is InChI=1S/C8H14N2O/c9-5-7(11)10-8(3-4-8)6-1-2-6/h6H,1-5,9H2,(H,10,11). The fourth-order valence-corrected chi connectivity index (χ4v) is 1.73. The predicted octanol–water partition coefficient (Wildman–Crippen LogP) is 0.00390. The molecule has 0 atom stereocenters. The second kappa shape index (κ2) is 2.21. The van der Waals surface area contributed by atoms with Gasteiger partial charge in [-0.1, -0.05) is 0 Å². The smallest absolute Gasteiger partial charge is 0.234 e. The fourth-order valence-electron chi connectivity index (χ4n) is 1.73. The average Bonchev–Trinajstić information content (AvgIpc) is 2.81. The van der Waals surface area contributed by atoms with Gasteiger partial charge in [-0.2, -0.15) is 0 Å². The summed E-state index contributed by atoms with van der Waals surface area (Å²) in [5.41, 5.74) is 5.42. The highest BCUT2D eigenvalue weighted by molar-refractivity contribution is 5.79. The number of hydrogen-bond acceptors (Lipinski definition) is 2. The molecular weight excluding hydrogens is 140 g/mol. The third-order valence-corrected chi connectivity index (χ3v) is 2.72. The number of nitrogens with two attached hydrogens (primary N) is 1. The van der Waals surface area contributed by atoms with Gasteiger partial charge in [0.2, 0.25) is 5.91 Å². The van der Waals surface area contributed by atoms with E-state index in [1.165, 1.54) is 25.7 Å². The maximum atomic E-state index is 11.0. The van der Waals surface area contributed by atoms with E-state index in [1.807, 2.05) is 0 Å². The van der Waals surface area contributed by atoms with E-state index in [0.29, 0.717) is 0 Å². The van der Waals surface area contributed by atoms with Crippen molar-refractivity contribution >= 4 is 5.91 Å². The molecule has 0 unspecified atom stereocenters. The highest BCUT2D eigenvalue weighted by Crippen LogP contribution is 2.53. The van der Waals surface area contributed by atoms with Gasteiger partial charge in [0.25, 0.3) is 0 Å². The Labute approximate surface area is 66.3 Å². The highest BCUT2D eigenvalue weighted by atomic mass is 16.2. The lowest BCUT2D eigenvalue weighted by Crippen LogP contribution is -2.41. The minimum absolute atomic E-state index is 0.00870. The molecule has 2 saturated carbocycles. The third kappa shape index (κ3) is 1.25. The second-order valence-electron chi connectivity index (χ2n) is 3.68. The molecule has 0 aromatic heterocycles. The molecule has 11 heavy (non-hydrogen) atoms. The van der Waals surface area contributed by atoms with Gasteiger partial charge in [-0.05, 0) is 31.6 Å². The van der Waals surface area contributed by atoms with Crippen LogP contribution < -0.4 is 11.1 Å². The zero-order chi connectivity index (χ0) is 7.90. The van der Waals surface area contributed by atoms with Gasteiger partial charge < -0.3 is 11.1 Å². The second-order valence-corrected chi connectivity index (χ2v) is 3.68. The number of hydrogen-bond donors (Lipinski definition) is 2. The van der Waals surface area contributed by atoms with Crippen molar-refractivity contribution < 1.29 is 4.79 Å². The molecule has 0 radical (unpaired) electrons. The topological polar surface area (TPSA) is 55.1 Å². The first-order chi connectivity index (χ1) is 5.27. The molecule has 0 spiro atoms.